The smallest absolute Gasteiger partial charge is 0.243 e. The van der Waals surface area contributed by atoms with E-state index in [2.05, 4.69) is 26.6 Å². The van der Waals surface area contributed by atoms with E-state index in [9.17, 15) is 9.59 Å². The first-order chi connectivity index (χ1) is 13.0. The van der Waals surface area contributed by atoms with E-state index in [1.807, 2.05) is 24.3 Å². The number of nitrogens with one attached hydrogen (secondary N) is 2. The summed E-state index contributed by atoms with van der Waals surface area (Å²) in [6.45, 7) is 0.0271. The summed E-state index contributed by atoms with van der Waals surface area (Å²) in [5.41, 5.74) is 2.33. The maximum atomic E-state index is 12.8. The molecule has 0 spiro atoms. The number of carbonyl (C=O) groups is 2. The Balaban J connectivity index is 1.72. The third-order valence-corrected chi connectivity index (χ3v) is 4.57. The second kappa shape index (κ2) is 8.84. The highest BCUT2D eigenvalue weighted by atomic mass is 79.9. The monoisotopic (exact) mass is 442 g/mol. The first-order valence-corrected chi connectivity index (χ1v) is 9.38. The van der Waals surface area contributed by atoms with Crippen LogP contribution in [0.4, 0.5) is 11.4 Å². The molecular formula is C21H16BrClN2O2. The first kappa shape index (κ1) is 19.1. The van der Waals surface area contributed by atoms with Crippen molar-refractivity contribution >= 4 is 50.6 Å². The fourth-order valence-corrected chi connectivity index (χ4v) is 3.00. The van der Waals surface area contributed by atoms with Crippen molar-refractivity contribution < 1.29 is 9.59 Å². The van der Waals surface area contributed by atoms with Crippen LogP contribution in [0, 0.1) is 0 Å². The van der Waals surface area contributed by atoms with Crippen LogP contribution in [0.3, 0.4) is 0 Å². The molecular weight excluding hydrogens is 428 g/mol. The second-order valence-corrected chi connectivity index (χ2v) is 7.15. The van der Waals surface area contributed by atoms with E-state index >= 15 is 0 Å². The number of amides is 1. The van der Waals surface area contributed by atoms with Gasteiger partial charge in [0, 0.05) is 32.0 Å². The van der Waals surface area contributed by atoms with Crippen LogP contribution in [0.25, 0.3) is 0 Å². The fourth-order valence-electron chi connectivity index (χ4n) is 2.52. The maximum Gasteiger partial charge on any atom is 0.243 e. The molecule has 1 amide bonds. The van der Waals surface area contributed by atoms with E-state index in [1.54, 1.807) is 48.5 Å². The Morgan fingerprint density at radius 3 is 2.33 bits per heavy atom. The molecule has 3 aromatic rings. The predicted octanol–water partition coefficient (Wildman–Crippen LogP) is 5.38. The molecule has 3 rings (SSSR count). The van der Waals surface area contributed by atoms with Gasteiger partial charge in [0.2, 0.25) is 5.91 Å². The molecule has 0 bridgehead atoms. The molecule has 0 unspecified atom stereocenters. The van der Waals surface area contributed by atoms with E-state index in [0.29, 0.717) is 27.5 Å². The van der Waals surface area contributed by atoms with Crippen molar-refractivity contribution in [3.63, 3.8) is 0 Å². The molecule has 3 aromatic carbocycles. The highest BCUT2D eigenvalue weighted by Gasteiger charge is 2.15. The van der Waals surface area contributed by atoms with E-state index in [1.165, 1.54) is 0 Å². The Bertz CT molecular complexity index is 960. The highest BCUT2D eigenvalue weighted by Crippen LogP contribution is 2.24. The summed E-state index contributed by atoms with van der Waals surface area (Å²) in [6.07, 6.45) is 0. The van der Waals surface area contributed by atoms with Gasteiger partial charge in [-0.25, -0.2) is 0 Å². The molecule has 0 saturated carbocycles. The van der Waals surface area contributed by atoms with Crippen LogP contribution in [0.1, 0.15) is 15.9 Å². The van der Waals surface area contributed by atoms with Gasteiger partial charge < -0.3 is 10.6 Å². The van der Waals surface area contributed by atoms with Gasteiger partial charge in [-0.3, -0.25) is 9.59 Å². The Labute approximate surface area is 170 Å². The SMILES string of the molecule is O=C(CNc1ccc(Br)cc1C(=O)c1ccccc1)Nc1ccc(Cl)cc1. The van der Waals surface area contributed by atoms with Gasteiger partial charge in [-0.1, -0.05) is 57.9 Å². The van der Waals surface area contributed by atoms with Crippen LogP contribution < -0.4 is 10.6 Å². The van der Waals surface area contributed by atoms with Crippen molar-refractivity contribution in [2.24, 2.45) is 0 Å². The summed E-state index contributed by atoms with van der Waals surface area (Å²) >= 11 is 9.24. The number of rotatable bonds is 6. The molecule has 27 heavy (non-hydrogen) atoms. The van der Waals surface area contributed by atoms with Crippen LogP contribution in [0.15, 0.2) is 77.3 Å². The molecule has 0 aliphatic carbocycles. The van der Waals surface area contributed by atoms with Crippen molar-refractivity contribution in [2.45, 2.75) is 0 Å². The Morgan fingerprint density at radius 1 is 0.926 bits per heavy atom. The van der Waals surface area contributed by atoms with Gasteiger partial charge in [0.25, 0.3) is 0 Å². The van der Waals surface area contributed by atoms with Crippen LogP contribution >= 0.6 is 27.5 Å². The summed E-state index contributed by atoms with van der Waals surface area (Å²) in [6, 6.07) is 21.2. The Kier molecular flexibility index (Phi) is 6.27. The number of halogens is 2. The van der Waals surface area contributed by atoms with Gasteiger partial charge >= 0.3 is 0 Å². The third-order valence-electron chi connectivity index (χ3n) is 3.83. The zero-order chi connectivity index (χ0) is 19.2. The van der Waals surface area contributed by atoms with Crippen molar-refractivity contribution in [3.05, 3.63) is 93.4 Å². The van der Waals surface area contributed by atoms with Crippen molar-refractivity contribution in [2.75, 3.05) is 17.2 Å². The van der Waals surface area contributed by atoms with Gasteiger partial charge in [0.1, 0.15) is 0 Å². The molecule has 0 fully saturated rings. The summed E-state index contributed by atoms with van der Waals surface area (Å²) in [7, 11) is 0. The quantitative estimate of drug-likeness (QED) is 0.503. The zero-order valence-electron chi connectivity index (χ0n) is 14.2. The van der Waals surface area contributed by atoms with E-state index < -0.39 is 0 Å². The molecule has 0 saturated heterocycles. The molecule has 0 aromatic heterocycles. The number of anilines is 2. The fraction of sp³-hybridized carbons (Fsp3) is 0.0476. The van der Waals surface area contributed by atoms with Gasteiger partial charge in [-0.15, -0.1) is 0 Å². The van der Waals surface area contributed by atoms with Crippen LogP contribution in [-0.2, 0) is 4.79 Å². The Hall–Kier alpha value is -2.63. The topological polar surface area (TPSA) is 58.2 Å². The van der Waals surface area contributed by atoms with E-state index in [0.717, 1.165) is 4.47 Å². The number of carbonyl (C=O) groups excluding carboxylic acids is 2. The van der Waals surface area contributed by atoms with Crippen LogP contribution in [0.2, 0.25) is 5.02 Å². The average molecular weight is 444 g/mol. The van der Waals surface area contributed by atoms with Crippen molar-refractivity contribution in [3.8, 4) is 0 Å². The molecule has 0 heterocycles. The minimum atomic E-state index is -0.224. The van der Waals surface area contributed by atoms with Crippen LogP contribution in [-0.4, -0.2) is 18.2 Å². The summed E-state index contributed by atoms with van der Waals surface area (Å²) < 4.78 is 0.790. The summed E-state index contributed by atoms with van der Waals surface area (Å²) in [5, 5.41) is 6.42. The lowest BCUT2D eigenvalue weighted by Gasteiger charge is -2.12. The first-order valence-electron chi connectivity index (χ1n) is 8.21. The largest absolute Gasteiger partial charge is 0.376 e. The van der Waals surface area contributed by atoms with Gasteiger partial charge in [0.15, 0.2) is 5.78 Å². The molecule has 4 nitrogen and oxygen atoms in total. The molecule has 0 atom stereocenters. The molecule has 0 aliphatic rings. The summed E-state index contributed by atoms with van der Waals surface area (Å²) in [5.74, 6) is -0.337. The normalized spacial score (nSPS) is 10.3. The van der Waals surface area contributed by atoms with Crippen molar-refractivity contribution in [1.82, 2.24) is 0 Å². The third kappa shape index (κ3) is 5.18. The minimum absolute atomic E-state index is 0.0271. The molecule has 2 N–H and O–H groups in total. The number of hydrogen-bond donors (Lipinski definition) is 2. The Morgan fingerprint density at radius 2 is 1.63 bits per heavy atom. The molecule has 6 heteroatoms. The predicted molar refractivity (Wildman–Crippen MR) is 113 cm³/mol. The maximum absolute atomic E-state index is 12.8. The number of benzene rings is 3. The second-order valence-electron chi connectivity index (χ2n) is 5.79. The minimum Gasteiger partial charge on any atom is -0.376 e. The lowest BCUT2D eigenvalue weighted by Crippen LogP contribution is -2.22. The van der Waals surface area contributed by atoms with E-state index in [4.69, 9.17) is 11.6 Å². The number of ketones is 1. The average Bonchev–Trinajstić information content (AvgIpc) is 2.69. The molecule has 0 radical (unpaired) electrons. The van der Waals surface area contributed by atoms with Gasteiger partial charge in [-0.05, 0) is 42.5 Å². The van der Waals surface area contributed by atoms with Gasteiger partial charge in [-0.2, -0.15) is 0 Å². The standard InChI is InChI=1S/C21H16BrClN2O2/c22-15-6-11-19(18(12-15)21(27)14-4-2-1-3-5-14)24-13-20(26)25-17-9-7-16(23)8-10-17/h1-12,24H,13H2,(H,25,26). The lowest BCUT2D eigenvalue weighted by molar-refractivity contribution is -0.114. The lowest BCUT2D eigenvalue weighted by atomic mass is 10.0. The highest BCUT2D eigenvalue weighted by molar-refractivity contribution is 9.10. The molecule has 0 aliphatic heterocycles. The zero-order valence-corrected chi connectivity index (χ0v) is 16.5. The number of hydrogen-bond acceptors (Lipinski definition) is 3. The molecule has 136 valence electrons. The summed E-state index contributed by atoms with van der Waals surface area (Å²) in [4.78, 5) is 25.0. The van der Waals surface area contributed by atoms with E-state index in [-0.39, 0.29) is 18.2 Å². The van der Waals surface area contributed by atoms with Gasteiger partial charge in [0.05, 0.1) is 6.54 Å². The van der Waals surface area contributed by atoms with Crippen molar-refractivity contribution in [1.29, 1.82) is 0 Å². The van der Waals surface area contributed by atoms with Crippen LogP contribution in [0.5, 0.6) is 0 Å².